The Labute approximate surface area is 155 Å². The zero-order valence-electron chi connectivity index (χ0n) is 13.8. The quantitative estimate of drug-likeness (QED) is 0.490. The number of aliphatic imine (C=N–C) groups is 1. The summed E-state index contributed by atoms with van der Waals surface area (Å²) in [5, 5.41) is 1.95. The van der Waals surface area contributed by atoms with Crippen LogP contribution in [0.25, 0.3) is 6.08 Å². The first-order valence-corrected chi connectivity index (χ1v) is 8.99. The number of benzene rings is 2. The summed E-state index contributed by atoms with van der Waals surface area (Å²) in [5.74, 6) is 0.627. The van der Waals surface area contributed by atoms with E-state index in [-0.39, 0.29) is 0 Å². The Bertz CT molecular complexity index is 958. The summed E-state index contributed by atoms with van der Waals surface area (Å²) in [6.07, 6.45) is 1.73. The second-order valence-corrected chi connectivity index (χ2v) is 6.63. The summed E-state index contributed by atoms with van der Waals surface area (Å²) in [6, 6.07) is 21.2. The molecule has 0 radical (unpaired) electrons. The molecule has 128 valence electrons. The fourth-order valence-electron chi connectivity index (χ4n) is 2.48. The molecular weight excluding hydrogens is 346 g/mol. The first-order valence-electron chi connectivity index (χ1n) is 8.11. The van der Waals surface area contributed by atoms with Gasteiger partial charge in [-0.2, -0.15) is 0 Å². The molecule has 0 N–H and O–H groups in total. The summed E-state index contributed by atoms with van der Waals surface area (Å²) >= 11 is 1.54. The average Bonchev–Trinajstić information content (AvgIpc) is 3.32. The summed E-state index contributed by atoms with van der Waals surface area (Å²) in [6.45, 7) is 0.504. The van der Waals surface area contributed by atoms with Crippen LogP contribution in [0.1, 0.15) is 16.0 Å². The molecule has 1 aliphatic rings. The number of rotatable bonds is 5. The molecule has 2 heterocycles. The van der Waals surface area contributed by atoms with Crippen molar-refractivity contribution in [1.82, 2.24) is 0 Å². The van der Waals surface area contributed by atoms with E-state index in [4.69, 9.17) is 9.47 Å². The van der Waals surface area contributed by atoms with E-state index >= 15 is 0 Å². The molecular formula is C21H15NO3S. The molecule has 2 aromatic carbocycles. The standard InChI is InChI=1S/C21H15NO3S/c23-21-19(13-18-7-4-12-26-18)22-20(25-21)16-8-10-17(11-9-16)24-14-15-5-2-1-3-6-15/h1-13H,14H2/b19-13+. The maximum atomic E-state index is 12.0. The van der Waals surface area contributed by atoms with Gasteiger partial charge in [-0.15, -0.1) is 11.3 Å². The predicted octanol–water partition coefficient (Wildman–Crippen LogP) is 4.67. The Morgan fingerprint density at radius 3 is 2.54 bits per heavy atom. The van der Waals surface area contributed by atoms with Gasteiger partial charge in [0, 0.05) is 10.4 Å². The predicted molar refractivity (Wildman–Crippen MR) is 102 cm³/mol. The van der Waals surface area contributed by atoms with Gasteiger partial charge in [0.2, 0.25) is 5.90 Å². The molecule has 0 bridgehead atoms. The number of hydrogen-bond donors (Lipinski definition) is 0. The number of thiophene rings is 1. The fourth-order valence-corrected chi connectivity index (χ4v) is 3.13. The third kappa shape index (κ3) is 3.73. The lowest BCUT2D eigenvalue weighted by atomic mass is 10.2. The van der Waals surface area contributed by atoms with E-state index in [0.29, 0.717) is 18.2 Å². The molecule has 26 heavy (non-hydrogen) atoms. The molecule has 4 rings (SSSR count). The minimum Gasteiger partial charge on any atom is -0.489 e. The lowest BCUT2D eigenvalue weighted by molar-refractivity contribution is -0.129. The normalized spacial score (nSPS) is 15.0. The zero-order valence-corrected chi connectivity index (χ0v) is 14.6. The molecule has 5 heteroatoms. The van der Waals surface area contributed by atoms with Crippen LogP contribution in [0.4, 0.5) is 0 Å². The molecule has 0 saturated carbocycles. The third-order valence-electron chi connectivity index (χ3n) is 3.79. The van der Waals surface area contributed by atoms with E-state index in [0.717, 1.165) is 21.8 Å². The highest BCUT2D eigenvalue weighted by molar-refractivity contribution is 7.10. The minimum atomic E-state index is -0.433. The second kappa shape index (κ2) is 7.37. The van der Waals surface area contributed by atoms with E-state index in [1.54, 1.807) is 17.4 Å². The minimum absolute atomic E-state index is 0.312. The van der Waals surface area contributed by atoms with Crippen LogP contribution in [-0.2, 0) is 16.1 Å². The van der Waals surface area contributed by atoms with Gasteiger partial charge in [0.15, 0.2) is 5.70 Å². The summed E-state index contributed by atoms with van der Waals surface area (Å²) in [5.41, 5.74) is 2.15. The number of esters is 1. The topological polar surface area (TPSA) is 47.9 Å². The molecule has 0 spiro atoms. The monoisotopic (exact) mass is 361 g/mol. The molecule has 0 unspecified atom stereocenters. The van der Waals surface area contributed by atoms with Gasteiger partial charge >= 0.3 is 5.97 Å². The zero-order chi connectivity index (χ0) is 17.8. The van der Waals surface area contributed by atoms with Gasteiger partial charge in [0.05, 0.1) is 0 Å². The van der Waals surface area contributed by atoms with Crippen molar-refractivity contribution < 1.29 is 14.3 Å². The Hall–Kier alpha value is -3.18. The number of nitrogens with zero attached hydrogens (tertiary/aromatic N) is 1. The molecule has 3 aromatic rings. The Kier molecular flexibility index (Phi) is 4.62. The van der Waals surface area contributed by atoms with Crippen LogP contribution in [0, 0.1) is 0 Å². The van der Waals surface area contributed by atoms with Crippen molar-refractivity contribution >= 4 is 29.3 Å². The molecule has 1 aliphatic heterocycles. The van der Waals surface area contributed by atoms with Crippen LogP contribution in [0.5, 0.6) is 5.75 Å². The van der Waals surface area contributed by atoms with Crippen molar-refractivity contribution in [3.63, 3.8) is 0 Å². The SMILES string of the molecule is O=C1OC(c2ccc(OCc3ccccc3)cc2)=N/C1=C/c1cccs1. The lowest BCUT2D eigenvalue weighted by Crippen LogP contribution is -2.05. The summed E-state index contributed by atoms with van der Waals surface area (Å²) in [7, 11) is 0. The highest BCUT2D eigenvalue weighted by Gasteiger charge is 2.24. The van der Waals surface area contributed by atoms with E-state index in [2.05, 4.69) is 4.99 Å². The summed E-state index contributed by atoms with van der Waals surface area (Å²) in [4.78, 5) is 17.3. The average molecular weight is 361 g/mol. The van der Waals surface area contributed by atoms with E-state index in [1.807, 2.05) is 72.1 Å². The number of hydrogen-bond acceptors (Lipinski definition) is 5. The first kappa shape index (κ1) is 16.3. The number of carbonyl (C=O) groups is 1. The van der Waals surface area contributed by atoms with Gasteiger partial charge in [-0.1, -0.05) is 36.4 Å². The molecule has 4 nitrogen and oxygen atoms in total. The molecule has 1 aromatic heterocycles. The van der Waals surface area contributed by atoms with Crippen LogP contribution in [0.15, 0.2) is 82.8 Å². The van der Waals surface area contributed by atoms with Gasteiger partial charge in [-0.3, -0.25) is 0 Å². The highest BCUT2D eigenvalue weighted by Crippen LogP contribution is 2.22. The largest absolute Gasteiger partial charge is 0.489 e. The van der Waals surface area contributed by atoms with Gasteiger partial charge in [0.25, 0.3) is 0 Å². The van der Waals surface area contributed by atoms with Crippen molar-refractivity contribution in [2.24, 2.45) is 4.99 Å². The molecule has 0 aliphatic carbocycles. The van der Waals surface area contributed by atoms with Gasteiger partial charge < -0.3 is 9.47 Å². The van der Waals surface area contributed by atoms with Crippen molar-refractivity contribution in [2.75, 3.05) is 0 Å². The Balaban J connectivity index is 1.46. The maximum absolute atomic E-state index is 12.0. The third-order valence-corrected chi connectivity index (χ3v) is 4.61. The molecule has 0 amide bonds. The van der Waals surface area contributed by atoms with Crippen molar-refractivity contribution in [3.8, 4) is 5.75 Å². The number of carbonyl (C=O) groups excluding carboxylic acids is 1. The van der Waals surface area contributed by atoms with Gasteiger partial charge in [-0.25, -0.2) is 9.79 Å². The molecule has 0 atom stereocenters. The van der Waals surface area contributed by atoms with Crippen LogP contribution < -0.4 is 4.74 Å². The maximum Gasteiger partial charge on any atom is 0.363 e. The van der Waals surface area contributed by atoms with Crippen LogP contribution in [0.3, 0.4) is 0 Å². The Morgan fingerprint density at radius 2 is 1.81 bits per heavy atom. The van der Waals surface area contributed by atoms with E-state index in [9.17, 15) is 4.79 Å². The smallest absolute Gasteiger partial charge is 0.363 e. The van der Waals surface area contributed by atoms with Gasteiger partial charge in [-0.05, 0) is 47.4 Å². The Morgan fingerprint density at radius 1 is 1.00 bits per heavy atom. The second-order valence-electron chi connectivity index (χ2n) is 5.65. The molecule has 0 saturated heterocycles. The number of cyclic esters (lactones) is 1. The lowest BCUT2D eigenvalue weighted by Gasteiger charge is -2.07. The van der Waals surface area contributed by atoms with Gasteiger partial charge in [0.1, 0.15) is 12.4 Å². The fraction of sp³-hybridized carbons (Fsp3) is 0.0476. The van der Waals surface area contributed by atoms with Crippen molar-refractivity contribution in [1.29, 1.82) is 0 Å². The van der Waals surface area contributed by atoms with E-state index in [1.165, 1.54) is 0 Å². The van der Waals surface area contributed by atoms with Crippen LogP contribution in [-0.4, -0.2) is 11.9 Å². The van der Waals surface area contributed by atoms with Crippen LogP contribution in [0.2, 0.25) is 0 Å². The first-order chi connectivity index (χ1) is 12.8. The van der Waals surface area contributed by atoms with Crippen molar-refractivity contribution in [2.45, 2.75) is 6.61 Å². The number of ether oxygens (including phenoxy) is 2. The van der Waals surface area contributed by atoms with Crippen LogP contribution >= 0.6 is 11.3 Å². The molecule has 0 fully saturated rings. The van der Waals surface area contributed by atoms with E-state index < -0.39 is 5.97 Å². The highest BCUT2D eigenvalue weighted by atomic mass is 32.1. The summed E-state index contributed by atoms with van der Waals surface area (Å²) < 4.78 is 11.0. The van der Waals surface area contributed by atoms with Crippen molar-refractivity contribution in [3.05, 3.63) is 93.8 Å².